The van der Waals surface area contributed by atoms with Gasteiger partial charge in [-0.1, -0.05) is 15.9 Å². The Morgan fingerprint density at radius 1 is 1.47 bits per heavy atom. The van der Waals surface area contributed by atoms with Crippen molar-refractivity contribution in [2.24, 2.45) is 0 Å². The van der Waals surface area contributed by atoms with E-state index in [0.29, 0.717) is 18.7 Å². The average molecular weight is 391 g/mol. The Kier molecular flexibility index (Phi) is 5.42. The van der Waals surface area contributed by atoms with Crippen LogP contribution in [0.1, 0.15) is 30.1 Å². The molecule has 0 radical (unpaired) electrons. The Labute approximate surface area is 130 Å². The van der Waals surface area contributed by atoms with Gasteiger partial charge in [-0.2, -0.15) is 0 Å². The maximum atomic E-state index is 12.5. The van der Waals surface area contributed by atoms with E-state index in [4.69, 9.17) is 4.74 Å². The number of ether oxygens (including phenoxy) is 1. The molecule has 0 bridgehead atoms. The van der Waals surface area contributed by atoms with Crippen LogP contribution in [0.15, 0.2) is 27.1 Å². The topological polar surface area (TPSA) is 29.5 Å². The smallest absolute Gasteiger partial charge is 0.255 e. The van der Waals surface area contributed by atoms with Crippen molar-refractivity contribution in [3.05, 3.63) is 32.7 Å². The van der Waals surface area contributed by atoms with Gasteiger partial charge in [0.25, 0.3) is 5.91 Å². The number of carbonyl (C=O) groups excluding carboxylic acids is 1. The minimum absolute atomic E-state index is 0.0531. The standard InChI is InChI=1S/C14H17Br2NO2/c1-2-17(9-11-4-3-7-19-11)14(18)12-6-5-10(15)8-13(12)16/h5-6,8,11H,2-4,7,9H2,1H3. The zero-order valence-corrected chi connectivity index (χ0v) is 14.0. The van der Waals surface area contributed by atoms with Crippen LogP contribution in [-0.2, 0) is 4.74 Å². The summed E-state index contributed by atoms with van der Waals surface area (Å²) in [5.74, 6) is 0.0531. The van der Waals surface area contributed by atoms with Crippen molar-refractivity contribution < 1.29 is 9.53 Å². The molecule has 1 aromatic rings. The molecule has 5 heteroatoms. The Hall–Kier alpha value is -0.390. The molecule has 1 aliphatic heterocycles. The molecule has 0 aliphatic carbocycles. The molecule has 1 fully saturated rings. The molecule has 0 spiro atoms. The largest absolute Gasteiger partial charge is 0.376 e. The van der Waals surface area contributed by atoms with Crippen molar-refractivity contribution in [1.82, 2.24) is 4.90 Å². The van der Waals surface area contributed by atoms with Gasteiger partial charge in [0.2, 0.25) is 0 Å². The summed E-state index contributed by atoms with van der Waals surface area (Å²) in [4.78, 5) is 14.4. The molecule has 1 aliphatic rings. The average Bonchev–Trinajstić information content (AvgIpc) is 2.88. The van der Waals surface area contributed by atoms with Gasteiger partial charge < -0.3 is 9.64 Å². The molecule has 3 nitrogen and oxygen atoms in total. The van der Waals surface area contributed by atoms with Gasteiger partial charge in [0.15, 0.2) is 0 Å². The van der Waals surface area contributed by atoms with Crippen molar-refractivity contribution in [3.63, 3.8) is 0 Å². The van der Waals surface area contributed by atoms with E-state index in [1.807, 2.05) is 30.0 Å². The van der Waals surface area contributed by atoms with Crippen LogP contribution in [-0.4, -0.2) is 36.6 Å². The number of benzene rings is 1. The summed E-state index contributed by atoms with van der Waals surface area (Å²) in [5.41, 5.74) is 0.697. The summed E-state index contributed by atoms with van der Waals surface area (Å²) in [6.45, 7) is 4.19. The highest BCUT2D eigenvalue weighted by Crippen LogP contribution is 2.24. The Morgan fingerprint density at radius 3 is 2.84 bits per heavy atom. The molecule has 1 saturated heterocycles. The van der Waals surface area contributed by atoms with E-state index in [2.05, 4.69) is 31.9 Å². The highest BCUT2D eigenvalue weighted by molar-refractivity contribution is 9.11. The predicted molar refractivity (Wildman–Crippen MR) is 82.4 cm³/mol. The van der Waals surface area contributed by atoms with E-state index in [0.717, 1.165) is 28.4 Å². The van der Waals surface area contributed by atoms with Crippen LogP contribution in [0.25, 0.3) is 0 Å². The van der Waals surface area contributed by atoms with Crippen LogP contribution in [0, 0.1) is 0 Å². The predicted octanol–water partition coefficient (Wildman–Crippen LogP) is 3.85. The fourth-order valence-electron chi connectivity index (χ4n) is 2.22. The SMILES string of the molecule is CCN(CC1CCCO1)C(=O)c1ccc(Br)cc1Br. The number of hydrogen-bond acceptors (Lipinski definition) is 2. The summed E-state index contributed by atoms with van der Waals surface area (Å²) < 4.78 is 7.38. The third-order valence-electron chi connectivity index (χ3n) is 3.28. The van der Waals surface area contributed by atoms with E-state index in [1.165, 1.54) is 0 Å². The summed E-state index contributed by atoms with van der Waals surface area (Å²) in [7, 11) is 0. The maximum absolute atomic E-state index is 12.5. The van der Waals surface area contributed by atoms with Crippen molar-refractivity contribution in [1.29, 1.82) is 0 Å². The van der Waals surface area contributed by atoms with Gasteiger partial charge in [0, 0.05) is 28.6 Å². The molecule has 19 heavy (non-hydrogen) atoms. The molecule has 1 atom stereocenters. The number of rotatable bonds is 4. The lowest BCUT2D eigenvalue weighted by Gasteiger charge is -2.24. The second-order valence-corrected chi connectivity index (χ2v) is 6.37. The number of halogens is 2. The minimum atomic E-state index is 0.0531. The first-order valence-corrected chi connectivity index (χ1v) is 8.06. The molecule has 0 N–H and O–H groups in total. The number of amides is 1. The third kappa shape index (κ3) is 3.80. The lowest BCUT2D eigenvalue weighted by Crippen LogP contribution is -2.37. The first kappa shape index (κ1) is 15.0. The monoisotopic (exact) mass is 389 g/mol. The van der Waals surface area contributed by atoms with Crippen LogP contribution in [0.2, 0.25) is 0 Å². The van der Waals surface area contributed by atoms with Crippen molar-refractivity contribution in [3.8, 4) is 0 Å². The van der Waals surface area contributed by atoms with Gasteiger partial charge in [-0.15, -0.1) is 0 Å². The van der Waals surface area contributed by atoms with E-state index in [-0.39, 0.29) is 12.0 Å². The van der Waals surface area contributed by atoms with Crippen molar-refractivity contribution in [2.75, 3.05) is 19.7 Å². The third-order valence-corrected chi connectivity index (χ3v) is 4.43. The van der Waals surface area contributed by atoms with Crippen LogP contribution < -0.4 is 0 Å². The Balaban J connectivity index is 2.10. The highest BCUT2D eigenvalue weighted by atomic mass is 79.9. The molecule has 104 valence electrons. The lowest BCUT2D eigenvalue weighted by atomic mass is 10.1. The second kappa shape index (κ2) is 6.86. The normalized spacial score (nSPS) is 18.6. The van der Waals surface area contributed by atoms with E-state index >= 15 is 0 Å². The van der Waals surface area contributed by atoms with E-state index < -0.39 is 0 Å². The van der Waals surface area contributed by atoms with E-state index in [1.54, 1.807) is 0 Å². The molecule has 2 rings (SSSR count). The number of carbonyl (C=O) groups is 1. The molecule has 1 aromatic carbocycles. The minimum Gasteiger partial charge on any atom is -0.376 e. The Morgan fingerprint density at radius 2 is 2.26 bits per heavy atom. The fraction of sp³-hybridized carbons (Fsp3) is 0.500. The molecule has 1 amide bonds. The van der Waals surface area contributed by atoms with E-state index in [9.17, 15) is 4.79 Å². The van der Waals surface area contributed by atoms with Crippen molar-refractivity contribution in [2.45, 2.75) is 25.9 Å². The molecular formula is C14H17Br2NO2. The molecule has 1 heterocycles. The van der Waals surface area contributed by atoms with Gasteiger partial charge in [0.05, 0.1) is 11.7 Å². The van der Waals surface area contributed by atoms with Crippen LogP contribution in [0.4, 0.5) is 0 Å². The fourth-order valence-corrected chi connectivity index (χ4v) is 3.44. The summed E-state index contributed by atoms with van der Waals surface area (Å²) in [6, 6.07) is 5.62. The molecule has 0 aromatic heterocycles. The quantitative estimate of drug-likeness (QED) is 0.781. The maximum Gasteiger partial charge on any atom is 0.255 e. The summed E-state index contributed by atoms with van der Waals surface area (Å²) in [6.07, 6.45) is 2.34. The first-order chi connectivity index (χ1) is 9.11. The summed E-state index contributed by atoms with van der Waals surface area (Å²) >= 11 is 6.84. The highest BCUT2D eigenvalue weighted by Gasteiger charge is 2.23. The van der Waals surface area contributed by atoms with Gasteiger partial charge in [-0.25, -0.2) is 0 Å². The van der Waals surface area contributed by atoms with Crippen LogP contribution in [0.3, 0.4) is 0 Å². The van der Waals surface area contributed by atoms with Gasteiger partial charge >= 0.3 is 0 Å². The van der Waals surface area contributed by atoms with Gasteiger partial charge in [0.1, 0.15) is 0 Å². The summed E-state index contributed by atoms with van der Waals surface area (Å²) in [5, 5.41) is 0. The van der Waals surface area contributed by atoms with Gasteiger partial charge in [-0.3, -0.25) is 4.79 Å². The molecule has 1 unspecified atom stereocenters. The van der Waals surface area contributed by atoms with Crippen molar-refractivity contribution >= 4 is 37.8 Å². The zero-order valence-electron chi connectivity index (χ0n) is 10.9. The van der Waals surface area contributed by atoms with Crippen LogP contribution >= 0.6 is 31.9 Å². The molecular weight excluding hydrogens is 374 g/mol. The second-order valence-electron chi connectivity index (χ2n) is 4.60. The number of hydrogen-bond donors (Lipinski definition) is 0. The molecule has 0 saturated carbocycles. The number of nitrogens with zero attached hydrogens (tertiary/aromatic N) is 1. The van der Waals surface area contributed by atoms with Gasteiger partial charge in [-0.05, 0) is 53.9 Å². The zero-order chi connectivity index (χ0) is 13.8. The lowest BCUT2D eigenvalue weighted by molar-refractivity contribution is 0.0538. The Bertz CT molecular complexity index is 459. The number of likely N-dealkylation sites (N-methyl/N-ethyl adjacent to an activating group) is 1. The first-order valence-electron chi connectivity index (χ1n) is 6.47. The van der Waals surface area contributed by atoms with Crippen LogP contribution in [0.5, 0.6) is 0 Å².